The van der Waals surface area contributed by atoms with Crippen molar-refractivity contribution in [3.63, 3.8) is 0 Å². The summed E-state index contributed by atoms with van der Waals surface area (Å²) < 4.78 is 5.67. The molecule has 0 saturated carbocycles. The number of benzene rings is 2. The van der Waals surface area contributed by atoms with Crippen LogP contribution in [0.15, 0.2) is 54.6 Å². The fraction of sp³-hybridized carbons (Fsp3) is 0.263. The van der Waals surface area contributed by atoms with Gasteiger partial charge in [-0.15, -0.1) is 0 Å². The van der Waals surface area contributed by atoms with Crippen LogP contribution in [0.25, 0.3) is 0 Å². The van der Waals surface area contributed by atoms with E-state index in [1.165, 1.54) is 6.92 Å². The summed E-state index contributed by atoms with van der Waals surface area (Å²) in [5.41, 5.74) is 1.71. The zero-order chi connectivity index (χ0) is 16.9. The number of para-hydroxylation sites is 2. The van der Waals surface area contributed by atoms with Gasteiger partial charge in [-0.1, -0.05) is 36.4 Å². The number of amides is 2. The first-order valence-corrected chi connectivity index (χ1v) is 8.02. The van der Waals surface area contributed by atoms with Crippen LogP contribution in [0.3, 0.4) is 0 Å². The third-order valence-corrected chi connectivity index (χ3v) is 3.94. The Balaban J connectivity index is 1.63. The highest BCUT2D eigenvalue weighted by atomic mass is 16.5. The number of carbonyl (C=O) groups excluding carboxylic acids is 2. The van der Waals surface area contributed by atoms with Crippen LogP contribution in [-0.2, 0) is 9.59 Å². The summed E-state index contributed by atoms with van der Waals surface area (Å²) in [4.78, 5) is 25.7. The van der Waals surface area contributed by atoms with E-state index in [-0.39, 0.29) is 11.8 Å². The Morgan fingerprint density at radius 3 is 2.58 bits per heavy atom. The lowest BCUT2D eigenvalue weighted by Gasteiger charge is -2.18. The zero-order valence-electron chi connectivity index (χ0n) is 13.6. The molecular formula is C19H20N2O3. The van der Waals surface area contributed by atoms with Crippen molar-refractivity contribution >= 4 is 17.5 Å². The quantitative estimate of drug-likeness (QED) is 0.831. The third-order valence-electron chi connectivity index (χ3n) is 3.94. The van der Waals surface area contributed by atoms with E-state index in [1.54, 1.807) is 4.90 Å². The first-order chi connectivity index (χ1) is 11.7. The molecule has 0 saturated heterocycles. The van der Waals surface area contributed by atoms with E-state index < -0.39 is 6.04 Å². The summed E-state index contributed by atoms with van der Waals surface area (Å²) in [6.07, 6.45) is 0.710. The van der Waals surface area contributed by atoms with E-state index in [2.05, 4.69) is 5.32 Å². The molecule has 1 N–H and O–H groups in total. The molecule has 0 fully saturated rings. The summed E-state index contributed by atoms with van der Waals surface area (Å²) in [5.74, 6) is 0.519. The Morgan fingerprint density at radius 1 is 1.12 bits per heavy atom. The lowest BCUT2D eigenvalue weighted by Crippen LogP contribution is -2.37. The number of hydrogen-bond acceptors (Lipinski definition) is 3. The first-order valence-electron chi connectivity index (χ1n) is 8.02. The number of nitrogens with one attached hydrogen (secondary N) is 1. The maximum absolute atomic E-state index is 12.6. The van der Waals surface area contributed by atoms with Crippen LogP contribution in [0.2, 0.25) is 0 Å². The highest BCUT2D eigenvalue weighted by Crippen LogP contribution is 2.35. The van der Waals surface area contributed by atoms with Gasteiger partial charge in [0.2, 0.25) is 5.91 Å². The number of nitrogens with zero attached hydrogens (tertiary/aromatic N) is 1. The molecule has 0 radical (unpaired) electrons. The minimum Gasteiger partial charge on any atom is -0.494 e. The summed E-state index contributed by atoms with van der Waals surface area (Å²) in [6, 6.07) is 16.6. The monoisotopic (exact) mass is 324 g/mol. The van der Waals surface area contributed by atoms with Crippen LogP contribution >= 0.6 is 0 Å². The van der Waals surface area contributed by atoms with Crippen LogP contribution in [0, 0.1) is 0 Å². The van der Waals surface area contributed by atoms with E-state index in [4.69, 9.17) is 4.74 Å². The van der Waals surface area contributed by atoms with Crippen molar-refractivity contribution in [3.05, 3.63) is 60.2 Å². The molecule has 3 rings (SSSR count). The Morgan fingerprint density at radius 2 is 1.83 bits per heavy atom. The molecule has 0 unspecified atom stereocenters. The van der Waals surface area contributed by atoms with Gasteiger partial charge in [-0.3, -0.25) is 9.59 Å². The molecule has 1 aliphatic rings. The predicted octanol–water partition coefficient (Wildman–Crippen LogP) is 2.68. The average molecular weight is 324 g/mol. The van der Waals surface area contributed by atoms with Crippen LogP contribution in [0.4, 0.5) is 5.69 Å². The lowest BCUT2D eigenvalue weighted by atomic mass is 10.1. The van der Waals surface area contributed by atoms with Gasteiger partial charge in [0, 0.05) is 24.7 Å². The smallest absolute Gasteiger partial charge is 0.254 e. The van der Waals surface area contributed by atoms with Gasteiger partial charge in [0.25, 0.3) is 5.91 Å². The second-order valence-corrected chi connectivity index (χ2v) is 5.70. The summed E-state index contributed by atoms with van der Waals surface area (Å²) in [6.45, 7) is 2.51. The Labute approximate surface area is 141 Å². The number of ether oxygens (including phenoxy) is 1. The van der Waals surface area contributed by atoms with Crippen molar-refractivity contribution in [1.29, 1.82) is 0 Å². The van der Waals surface area contributed by atoms with E-state index in [1.807, 2.05) is 54.6 Å². The van der Waals surface area contributed by atoms with Gasteiger partial charge in [-0.25, -0.2) is 0 Å². The molecule has 1 heterocycles. The van der Waals surface area contributed by atoms with Gasteiger partial charge in [0.15, 0.2) is 0 Å². The van der Waals surface area contributed by atoms with Crippen LogP contribution in [0.5, 0.6) is 5.75 Å². The highest BCUT2D eigenvalue weighted by molar-refractivity contribution is 6.06. The predicted molar refractivity (Wildman–Crippen MR) is 91.9 cm³/mol. The van der Waals surface area contributed by atoms with Crippen molar-refractivity contribution in [2.75, 3.05) is 18.1 Å². The molecule has 0 spiro atoms. The Kier molecular flexibility index (Phi) is 4.79. The van der Waals surface area contributed by atoms with E-state index >= 15 is 0 Å². The van der Waals surface area contributed by atoms with Gasteiger partial charge in [0.1, 0.15) is 11.8 Å². The van der Waals surface area contributed by atoms with Gasteiger partial charge < -0.3 is 15.0 Å². The number of hydrogen-bond donors (Lipinski definition) is 1. The summed E-state index contributed by atoms with van der Waals surface area (Å²) in [5, 5.41) is 2.73. The molecule has 0 aliphatic carbocycles. The van der Waals surface area contributed by atoms with Gasteiger partial charge in [0.05, 0.1) is 6.61 Å². The molecule has 24 heavy (non-hydrogen) atoms. The molecule has 2 amide bonds. The van der Waals surface area contributed by atoms with Gasteiger partial charge in [-0.05, 0) is 24.6 Å². The fourth-order valence-electron chi connectivity index (χ4n) is 2.89. The minimum absolute atomic E-state index is 0.0916. The first kappa shape index (κ1) is 16.1. The molecule has 124 valence electrons. The number of anilines is 1. The van der Waals surface area contributed by atoms with E-state index in [0.29, 0.717) is 19.6 Å². The van der Waals surface area contributed by atoms with Crippen LogP contribution < -0.4 is 15.0 Å². The number of fused-ring (bicyclic) bond motifs is 1. The van der Waals surface area contributed by atoms with Crippen molar-refractivity contribution in [1.82, 2.24) is 5.32 Å². The minimum atomic E-state index is -0.589. The number of rotatable bonds is 6. The topological polar surface area (TPSA) is 58.6 Å². The molecule has 2 aromatic carbocycles. The van der Waals surface area contributed by atoms with Crippen molar-refractivity contribution in [3.8, 4) is 5.75 Å². The zero-order valence-corrected chi connectivity index (χ0v) is 13.6. The molecule has 0 bridgehead atoms. The Hall–Kier alpha value is -2.82. The molecule has 1 atom stereocenters. The van der Waals surface area contributed by atoms with E-state index in [0.717, 1.165) is 17.0 Å². The standard InChI is InChI=1S/C19H20N2O3/c1-14(22)20-18-16-10-5-6-11-17(16)21(19(18)23)12-7-13-24-15-8-3-2-4-9-15/h2-6,8-11,18H,7,12-13H2,1H3,(H,20,22)/t18-/m1/s1. The van der Waals surface area contributed by atoms with Crippen LogP contribution in [-0.4, -0.2) is 25.0 Å². The van der Waals surface area contributed by atoms with Gasteiger partial charge in [-0.2, -0.15) is 0 Å². The second-order valence-electron chi connectivity index (χ2n) is 5.70. The van der Waals surface area contributed by atoms with Crippen molar-refractivity contribution in [2.24, 2.45) is 0 Å². The van der Waals surface area contributed by atoms with Crippen LogP contribution in [0.1, 0.15) is 24.9 Å². The molecule has 5 heteroatoms. The van der Waals surface area contributed by atoms with E-state index in [9.17, 15) is 9.59 Å². The van der Waals surface area contributed by atoms with Crippen molar-refractivity contribution < 1.29 is 14.3 Å². The fourth-order valence-corrected chi connectivity index (χ4v) is 2.89. The Bertz CT molecular complexity index is 730. The lowest BCUT2D eigenvalue weighted by molar-refractivity contribution is -0.126. The SMILES string of the molecule is CC(=O)N[C@H]1C(=O)N(CCCOc2ccccc2)c2ccccc21. The van der Waals surface area contributed by atoms with Gasteiger partial charge >= 0.3 is 0 Å². The van der Waals surface area contributed by atoms with Crippen molar-refractivity contribution in [2.45, 2.75) is 19.4 Å². The average Bonchev–Trinajstić information content (AvgIpc) is 2.85. The maximum atomic E-state index is 12.6. The highest BCUT2D eigenvalue weighted by Gasteiger charge is 2.37. The number of carbonyl (C=O) groups is 2. The molecular weight excluding hydrogens is 304 g/mol. The molecule has 0 aromatic heterocycles. The maximum Gasteiger partial charge on any atom is 0.254 e. The normalized spacial score (nSPS) is 16.0. The summed E-state index contributed by atoms with van der Waals surface area (Å²) in [7, 11) is 0. The third kappa shape index (κ3) is 3.40. The molecule has 5 nitrogen and oxygen atoms in total. The summed E-state index contributed by atoms with van der Waals surface area (Å²) >= 11 is 0. The molecule has 1 aliphatic heterocycles. The molecule has 2 aromatic rings. The largest absolute Gasteiger partial charge is 0.494 e. The second kappa shape index (κ2) is 7.17.